The van der Waals surface area contributed by atoms with Gasteiger partial charge in [-0.1, -0.05) is 22.6 Å². The second-order valence-corrected chi connectivity index (χ2v) is 10.6. The zero-order chi connectivity index (χ0) is 35.2. The van der Waals surface area contributed by atoms with Gasteiger partial charge in [-0.3, -0.25) is 0 Å². The predicted octanol–water partition coefficient (Wildman–Crippen LogP) is 7.72. The van der Waals surface area contributed by atoms with E-state index in [1.54, 1.807) is 22.6 Å². The normalized spacial score (nSPS) is 19.7. The zero-order valence-corrected chi connectivity index (χ0v) is 24.5. The zero-order valence-electron chi connectivity index (χ0n) is 22.4. The molecule has 2 aromatic rings. The van der Waals surface area contributed by atoms with Crippen LogP contribution in [0.25, 0.3) is 0 Å². The predicted molar refractivity (Wildman–Crippen MR) is 140 cm³/mol. The summed E-state index contributed by atoms with van der Waals surface area (Å²) in [6.07, 6.45) is -27.6. The van der Waals surface area contributed by atoms with Crippen molar-refractivity contribution in [2.45, 2.75) is 43.5 Å². The summed E-state index contributed by atoms with van der Waals surface area (Å²) in [5.74, 6) is 0. The van der Waals surface area contributed by atoms with Crippen LogP contribution in [0.4, 0.5) is 58.4 Å². The Kier molecular flexibility index (Phi) is 9.90. The summed E-state index contributed by atoms with van der Waals surface area (Å²) in [5.41, 5.74) is -17.7. The highest BCUT2D eigenvalue weighted by Crippen LogP contribution is 2.53. The van der Waals surface area contributed by atoms with Crippen molar-refractivity contribution in [3.05, 3.63) is 63.2 Å². The largest absolute Gasteiger partial charge is 0.417 e. The summed E-state index contributed by atoms with van der Waals surface area (Å²) < 4.78 is 171. The van der Waals surface area contributed by atoms with Gasteiger partial charge in [0, 0.05) is 11.5 Å². The number of halogens is 13. The van der Waals surface area contributed by atoms with Crippen LogP contribution in [-0.4, -0.2) is 28.6 Å². The Morgan fingerprint density at radius 3 is 1.50 bits per heavy atom. The monoisotopic (exact) mass is 783 g/mol. The SMILES string of the molecule is COC(c1cc(C(F)(F)F)c(C#N)c(C(F)(F)F)c1)C1(CCI)C(C#N)=NN(c2cc(C(F)(F)F)c(C#N)c(C(F)(F)F)c2)C1O. The van der Waals surface area contributed by atoms with Crippen LogP contribution in [0.5, 0.6) is 0 Å². The smallest absolute Gasteiger partial charge is 0.376 e. The molecule has 0 spiro atoms. The molecule has 0 radical (unpaired) electrons. The molecule has 0 saturated carbocycles. The van der Waals surface area contributed by atoms with Crippen molar-refractivity contribution < 1.29 is 62.5 Å². The number of ether oxygens (including phenoxy) is 1. The molecule has 246 valence electrons. The third kappa shape index (κ3) is 6.40. The first-order valence-corrected chi connectivity index (χ1v) is 13.6. The summed E-state index contributed by atoms with van der Waals surface area (Å²) in [6, 6.07) is 3.30. The number of nitrogens with zero attached hydrogens (tertiary/aromatic N) is 5. The lowest BCUT2D eigenvalue weighted by Crippen LogP contribution is -2.49. The molecule has 3 atom stereocenters. The number of methoxy groups -OCH3 is 1. The van der Waals surface area contributed by atoms with Gasteiger partial charge in [-0.2, -0.15) is 73.6 Å². The van der Waals surface area contributed by atoms with Crippen molar-refractivity contribution in [3.63, 3.8) is 0 Å². The minimum Gasteiger partial charge on any atom is -0.376 e. The molecule has 7 nitrogen and oxygen atoms in total. The molecule has 0 bridgehead atoms. The van der Waals surface area contributed by atoms with E-state index >= 15 is 0 Å². The minimum atomic E-state index is -5.58. The molecule has 1 aliphatic rings. The molecule has 1 heterocycles. The Morgan fingerprint density at radius 1 is 0.804 bits per heavy atom. The molecule has 20 heteroatoms. The maximum absolute atomic E-state index is 13.9. The molecule has 0 aromatic heterocycles. The van der Waals surface area contributed by atoms with E-state index in [1.165, 1.54) is 6.07 Å². The van der Waals surface area contributed by atoms with Crippen molar-refractivity contribution in [1.29, 1.82) is 15.8 Å². The molecule has 3 rings (SSSR count). The van der Waals surface area contributed by atoms with E-state index < -0.39 is 99.2 Å². The van der Waals surface area contributed by atoms with E-state index in [9.17, 15) is 63.1 Å². The fourth-order valence-corrected chi connectivity index (χ4v) is 5.96. The van der Waals surface area contributed by atoms with E-state index in [-0.39, 0.29) is 33.7 Å². The number of hydrogen-bond donors (Lipinski definition) is 1. The molecular weight excluding hydrogens is 769 g/mol. The van der Waals surface area contributed by atoms with Gasteiger partial charge in [-0.25, -0.2) is 5.01 Å². The lowest BCUT2D eigenvalue weighted by atomic mass is 9.71. The Labute approximate surface area is 264 Å². The van der Waals surface area contributed by atoms with Gasteiger partial charge in [-0.05, 0) is 36.2 Å². The van der Waals surface area contributed by atoms with Gasteiger partial charge < -0.3 is 9.84 Å². The Morgan fingerprint density at radius 2 is 1.20 bits per heavy atom. The van der Waals surface area contributed by atoms with Crippen LogP contribution in [-0.2, 0) is 29.4 Å². The van der Waals surface area contributed by atoms with Crippen LogP contribution in [0, 0.1) is 39.4 Å². The topological polar surface area (TPSA) is 116 Å². The van der Waals surface area contributed by atoms with Gasteiger partial charge >= 0.3 is 24.7 Å². The number of aliphatic hydroxyl groups excluding tert-OH is 1. The highest BCUT2D eigenvalue weighted by Gasteiger charge is 2.58. The number of nitriles is 3. The Hall–Kier alpha value is -3.81. The summed E-state index contributed by atoms with van der Waals surface area (Å²) in [4.78, 5) is 0. The molecule has 46 heavy (non-hydrogen) atoms. The molecule has 0 amide bonds. The van der Waals surface area contributed by atoms with Crippen molar-refractivity contribution in [1.82, 2.24) is 0 Å². The van der Waals surface area contributed by atoms with Crippen LogP contribution >= 0.6 is 22.6 Å². The van der Waals surface area contributed by atoms with Crippen LogP contribution in [0.2, 0.25) is 0 Å². The second kappa shape index (κ2) is 12.4. The highest BCUT2D eigenvalue weighted by atomic mass is 127. The summed E-state index contributed by atoms with van der Waals surface area (Å²) in [7, 11) is 0.744. The molecule has 3 unspecified atom stereocenters. The van der Waals surface area contributed by atoms with Crippen molar-refractivity contribution in [2.24, 2.45) is 10.5 Å². The number of hydrogen-bond acceptors (Lipinski definition) is 7. The van der Waals surface area contributed by atoms with E-state index in [0.29, 0.717) is 0 Å². The van der Waals surface area contributed by atoms with Gasteiger partial charge in [0.2, 0.25) is 0 Å². The van der Waals surface area contributed by atoms with Gasteiger partial charge in [0.15, 0.2) is 11.9 Å². The lowest BCUT2D eigenvalue weighted by molar-refractivity contribution is -0.145. The van der Waals surface area contributed by atoms with Gasteiger partial charge in [-0.15, -0.1) is 0 Å². The van der Waals surface area contributed by atoms with Crippen molar-refractivity contribution in [2.75, 3.05) is 16.5 Å². The van der Waals surface area contributed by atoms with Gasteiger partial charge in [0.25, 0.3) is 0 Å². The number of aliphatic hydroxyl groups is 1. The van der Waals surface area contributed by atoms with Gasteiger partial charge in [0.1, 0.15) is 23.6 Å². The van der Waals surface area contributed by atoms with Crippen LogP contribution in [0.15, 0.2) is 29.4 Å². The first kappa shape index (κ1) is 36.7. The van der Waals surface area contributed by atoms with Crippen molar-refractivity contribution >= 4 is 34.0 Å². The molecular formula is C26H14F12IN5O2. The third-order valence-corrected chi connectivity index (χ3v) is 7.49. The maximum atomic E-state index is 13.9. The Balaban J connectivity index is 2.42. The molecule has 1 N–H and O–H groups in total. The molecule has 2 aromatic carbocycles. The lowest BCUT2D eigenvalue weighted by Gasteiger charge is -2.40. The van der Waals surface area contributed by atoms with E-state index in [0.717, 1.165) is 19.2 Å². The van der Waals surface area contributed by atoms with E-state index in [4.69, 9.17) is 15.3 Å². The van der Waals surface area contributed by atoms with Crippen molar-refractivity contribution in [3.8, 4) is 18.2 Å². The van der Waals surface area contributed by atoms with Crippen LogP contribution in [0.1, 0.15) is 51.5 Å². The number of alkyl halides is 13. The first-order valence-electron chi connectivity index (χ1n) is 12.0. The van der Waals surface area contributed by atoms with E-state index in [1.807, 2.05) is 0 Å². The van der Waals surface area contributed by atoms with Crippen LogP contribution in [0.3, 0.4) is 0 Å². The fourth-order valence-electron chi connectivity index (χ4n) is 5.07. The van der Waals surface area contributed by atoms with Gasteiger partial charge in [0.05, 0.1) is 45.2 Å². The summed E-state index contributed by atoms with van der Waals surface area (Å²) in [5, 5.41) is 43.4. The van der Waals surface area contributed by atoms with Crippen LogP contribution < -0.4 is 5.01 Å². The number of rotatable bonds is 6. The molecule has 0 aliphatic carbocycles. The quantitative estimate of drug-likeness (QED) is 0.182. The molecule has 1 aliphatic heterocycles. The summed E-state index contributed by atoms with van der Waals surface area (Å²) in [6.45, 7) is 0. The average Bonchev–Trinajstić information content (AvgIpc) is 3.21. The summed E-state index contributed by atoms with van der Waals surface area (Å²) >= 11 is 1.62. The second-order valence-electron chi connectivity index (χ2n) is 9.50. The fraction of sp³-hybridized carbons (Fsp3) is 0.385. The number of anilines is 1. The standard InChI is InChI=1S/C26H14F12IN5O2/c1-46-20(11-4-15(23(27,28)29)13(8-40)16(5-11)24(30,31)32)22(2-3-39)19(10-42)43-44(21(22)45)12-6-17(25(33,34)35)14(9-41)18(7-12)26(36,37)38/h4-7,20-21,45H,2-3H2,1H3. The first-order chi connectivity index (χ1) is 21.0. The minimum absolute atomic E-state index is 0.00266. The van der Waals surface area contributed by atoms with E-state index in [2.05, 4.69) is 5.10 Å². The maximum Gasteiger partial charge on any atom is 0.417 e. The third-order valence-electron chi connectivity index (χ3n) is 6.95. The highest BCUT2D eigenvalue weighted by molar-refractivity contribution is 14.1. The number of hydrazone groups is 1. The molecule has 0 saturated heterocycles. The number of benzene rings is 2. The average molecular weight is 783 g/mol. The Bertz CT molecular complexity index is 1610. The molecule has 0 fully saturated rings.